The molecule has 98 valence electrons. The predicted molar refractivity (Wildman–Crippen MR) is 73.5 cm³/mol. The van der Waals surface area contributed by atoms with Gasteiger partial charge in [0, 0.05) is 22.3 Å². The van der Waals surface area contributed by atoms with E-state index in [-0.39, 0.29) is 12.3 Å². The molecule has 0 aromatic heterocycles. The van der Waals surface area contributed by atoms with Crippen molar-refractivity contribution in [3.05, 3.63) is 63.6 Å². The van der Waals surface area contributed by atoms with Gasteiger partial charge in [0.2, 0.25) is 0 Å². The van der Waals surface area contributed by atoms with Crippen LogP contribution in [0.3, 0.4) is 0 Å². The van der Waals surface area contributed by atoms with Gasteiger partial charge in [-0.3, -0.25) is 4.99 Å². The fraction of sp³-hybridized carbons (Fsp3) is 0.0714. The Morgan fingerprint density at radius 2 is 1.79 bits per heavy atom. The van der Waals surface area contributed by atoms with E-state index in [4.69, 9.17) is 0 Å². The molecule has 1 N–H and O–H groups in total. The van der Waals surface area contributed by atoms with E-state index in [9.17, 15) is 13.9 Å². The number of phenols is 1. The summed E-state index contributed by atoms with van der Waals surface area (Å²) in [5, 5.41) is 9.59. The minimum Gasteiger partial charge on any atom is -0.507 e. The van der Waals surface area contributed by atoms with Gasteiger partial charge in [-0.25, -0.2) is 8.78 Å². The Hall–Kier alpha value is -1.75. The normalized spacial score (nSPS) is 11.1. The smallest absolute Gasteiger partial charge is 0.126 e. The minimum absolute atomic E-state index is 0.0948. The van der Waals surface area contributed by atoms with Crippen molar-refractivity contribution in [3.8, 4) is 5.75 Å². The van der Waals surface area contributed by atoms with E-state index in [0.29, 0.717) is 11.1 Å². The van der Waals surface area contributed by atoms with Crippen molar-refractivity contribution < 1.29 is 13.9 Å². The molecule has 0 aliphatic rings. The summed E-state index contributed by atoms with van der Waals surface area (Å²) >= 11 is 3.28. The highest BCUT2D eigenvalue weighted by Gasteiger charge is 2.01. The van der Waals surface area contributed by atoms with Crippen molar-refractivity contribution in [2.45, 2.75) is 6.54 Å². The molecule has 0 saturated carbocycles. The van der Waals surface area contributed by atoms with Gasteiger partial charge in [-0.15, -0.1) is 0 Å². The first-order valence-electron chi connectivity index (χ1n) is 5.48. The fourth-order valence-corrected chi connectivity index (χ4v) is 1.96. The lowest BCUT2D eigenvalue weighted by atomic mass is 10.2. The first kappa shape index (κ1) is 13.7. The van der Waals surface area contributed by atoms with Gasteiger partial charge < -0.3 is 5.11 Å². The number of hydrogen-bond acceptors (Lipinski definition) is 2. The molecule has 0 radical (unpaired) electrons. The van der Waals surface area contributed by atoms with Crippen LogP contribution in [-0.4, -0.2) is 11.3 Å². The Labute approximate surface area is 117 Å². The molecule has 0 saturated heterocycles. The van der Waals surface area contributed by atoms with Crippen molar-refractivity contribution in [2.75, 3.05) is 0 Å². The van der Waals surface area contributed by atoms with Crippen LogP contribution in [0.5, 0.6) is 5.75 Å². The average molecular weight is 326 g/mol. The van der Waals surface area contributed by atoms with Crippen LogP contribution in [0.25, 0.3) is 0 Å². The highest BCUT2D eigenvalue weighted by atomic mass is 79.9. The van der Waals surface area contributed by atoms with Crippen molar-refractivity contribution in [2.24, 2.45) is 4.99 Å². The monoisotopic (exact) mass is 325 g/mol. The van der Waals surface area contributed by atoms with Gasteiger partial charge in [-0.05, 0) is 35.9 Å². The van der Waals surface area contributed by atoms with Gasteiger partial charge in [-0.1, -0.05) is 15.9 Å². The SMILES string of the molecule is Oc1ccc(Br)cc1C=NCc1cc(F)cc(F)c1. The lowest BCUT2D eigenvalue weighted by molar-refractivity contribution is 0.474. The van der Waals surface area contributed by atoms with Gasteiger partial charge in [0.1, 0.15) is 17.4 Å². The molecule has 0 aliphatic heterocycles. The summed E-state index contributed by atoms with van der Waals surface area (Å²) < 4.78 is 26.7. The lowest BCUT2D eigenvalue weighted by Crippen LogP contribution is -1.89. The van der Waals surface area contributed by atoms with Crippen molar-refractivity contribution in [3.63, 3.8) is 0 Å². The van der Waals surface area contributed by atoms with Crippen LogP contribution in [0.2, 0.25) is 0 Å². The fourth-order valence-electron chi connectivity index (χ4n) is 1.58. The summed E-state index contributed by atoms with van der Waals surface area (Å²) in [5.74, 6) is -1.16. The molecule has 19 heavy (non-hydrogen) atoms. The molecule has 0 fully saturated rings. The Morgan fingerprint density at radius 3 is 2.47 bits per heavy atom. The Bertz CT molecular complexity index is 609. The van der Waals surface area contributed by atoms with E-state index in [1.807, 2.05) is 0 Å². The summed E-state index contributed by atoms with van der Waals surface area (Å²) in [5.41, 5.74) is 0.967. The summed E-state index contributed by atoms with van der Waals surface area (Å²) in [6.45, 7) is 0.140. The van der Waals surface area contributed by atoms with Crippen LogP contribution in [-0.2, 0) is 6.54 Å². The molecular weight excluding hydrogens is 316 g/mol. The van der Waals surface area contributed by atoms with Crippen LogP contribution in [0.15, 0.2) is 45.9 Å². The van der Waals surface area contributed by atoms with Crippen LogP contribution in [0.1, 0.15) is 11.1 Å². The second-order valence-corrected chi connectivity index (χ2v) is 4.87. The molecule has 0 aliphatic carbocycles. The molecular formula is C14H10BrF2NO. The highest BCUT2D eigenvalue weighted by Crippen LogP contribution is 2.20. The molecule has 5 heteroatoms. The third kappa shape index (κ3) is 3.86. The maximum atomic E-state index is 13.0. The topological polar surface area (TPSA) is 32.6 Å². The molecule has 0 bridgehead atoms. The van der Waals surface area contributed by atoms with Crippen LogP contribution >= 0.6 is 15.9 Å². The summed E-state index contributed by atoms with van der Waals surface area (Å²) in [4.78, 5) is 4.06. The van der Waals surface area contributed by atoms with Crippen molar-refractivity contribution >= 4 is 22.1 Å². The molecule has 2 rings (SSSR count). The number of hydrogen-bond donors (Lipinski definition) is 1. The molecule has 2 aromatic carbocycles. The summed E-state index contributed by atoms with van der Waals surface area (Å²) in [7, 11) is 0. The first-order valence-corrected chi connectivity index (χ1v) is 6.27. The van der Waals surface area contributed by atoms with E-state index in [2.05, 4.69) is 20.9 Å². The molecule has 0 unspecified atom stereocenters. The maximum Gasteiger partial charge on any atom is 0.126 e. The van der Waals surface area contributed by atoms with Crippen molar-refractivity contribution in [1.82, 2.24) is 0 Å². The van der Waals surface area contributed by atoms with E-state index < -0.39 is 11.6 Å². The first-order chi connectivity index (χ1) is 9.04. The molecule has 2 nitrogen and oxygen atoms in total. The van der Waals surface area contributed by atoms with Crippen LogP contribution in [0.4, 0.5) is 8.78 Å². The third-order valence-electron chi connectivity index (χ3n) is 2.42. The van der Waals surface area contributed by atoms with Gasteiger partial charge in [0.25, 0.3) is 0 Å². The summed E-state index contributed by atoms with van der Waals surface area (Å²) in [6.07, 6.45) is 1.46. The van der Waals surface area contributed by atoms with Gasteiger partial charge in [0.05, 0.1) is 6.54 Å². The molecule has 0 amide bonds. The second kappa shape index (κ2) is 5.93. The number of aromatic hydroxyl groups is 1. The Morgan fingerprint density at radius 1 is 1.11 bits per heavy atom. The number of rotatable bonds is 3. The summed E-state index contributed by atoms with van der Waals surface area (Å²) in [6, 6.07) is 8.20. The van der Waals surface area contributed by atoms with Gasteiger partial charge >= 0.3 is 0 Å². The van der Waals surface area contributed by atoms with E-state index in [1.165, 1.54) is 24.4 Å². The average Bonchev–Trinajstić information content (AvgIpc) is 2.32. The van der Waals surface area contributed by atoms with Crippen molar-refractivity contribution in [1.29, 1.82) is 0 Å². The zero-order valence-electron chi connectivity index (χ0n) is 9.78. The van der Waals surface area contributed by atoms with Gasteiger partial charge in [0.15, 0.2) is 0 Å². The molecule has 2 aromatic rings. The van der Waals surface area contributed by atoms with E-state index in [1.54, 1.807) is 12.1 Å². The maximum absolute atomic E-state index is 13.0. The zero-order valence-corrected chi connectivity index (χ0v) is 11.4. The number of aliphatic imine (C=N–C) groups is 1. The molecule has 0 atom stereocenters. The number of benzene rings is 2. The molecule has 0 heterocycles. The van der Waals surface area contributed by atoms with Crippen LogP contribution < -0.4 is 0 Å². The second-order valence-electron chi connectivity index (χ2n) is 3.95. The highest BCUT2D eigenvalue weighted by molar-refractivity contribution is 9.10. The minimum atomic E-state index is -0.629. The standard InChI is InChI=1S/C14H10BrF2NO/c15-11-1-2-14(19)10(5-11)8-18-7-9-3-12(16)6-13(17)4-9/h1-6,8,19H,7H2. The quantitative estimate of drug-likeness (QED) is 0.848. The number of halogens is 3. The Kier molecular flexibility index (Phi) is 4.27. The van der Waals surface area contributed by atoms with E-state index in [0.717, 1.165) is 10.5 Å². The van der Waals surface area contributed by atoms with Gasteiger partial charge in [-0.2, -0.15) is 0 Å². The van der Waals surface area contributed by atoms with E-state index >= 15 is 0 Å². The predicted octanol–water partition coefficient (Wildman–Crippen LogP) is 4.05. The largest absolute Gasteiger partial charge is 0.507 e. The Balaban J connectivity index is 2.13. The third-order valence-corrected chi connectivity index (χ3v) is 2.91. The number of nitrogens with zero attached hydrogens (tertiary/aromatic N) is 1. The molecule has 0 spiro atoms. The van der Waals surface area contributed by atoms with Crippen LogP contribution in [0, 0.1) is 11.6 Å². The number of phenolic OH excluding ortho intramolecular Hbond substituents is 1. The lowest BCUT2D eigenvalue weighted by Gasteiger charge is -2.00. The zero-order chi connectivity index (χ0) is 13.8.